The third kappa shape index (κ3) is 2.65. The van der Waals surface area contributed by atoms with Crippen LogP contribution in [-0.4, -0.2) is 53.7 Å². The number of carbonyl (C=O) groups is 2. The van der Waals surface area contributed by atoms with Crippen LogP contribution in [0.4, 0.5) is 0 Å². The van der Waals surface area contributed by atoms with Crippen LogP contribution in [0.5, 0.6) is 0 Å². The Bertz CT molecular complexity index is 258. The summed E-state index contributed by atoms with van der Waals surface area (Å²) in [6.07, 6.45) is -0.435. The highest BCUT2D eigenvalue weighted by Gasteiger charge is 2.32. The Balaban J connectivity index is 2.65. The van der Waals surface area contributed by atoms with Crippen LogP contribution in [0.25, 0.3) is 0 Å². The zero-order chi connectivity index (χ0) is 11.4. The number of nitrogens with two attached hydrogens (primary N) is 1. The Morgan fingerprint density at radius 2 is 2.33 bits per heavy atom. The topological polar surface area (TPSA) is 105 Å². The number of aliphatic hydroxyl groups excluding tert-OH is 1. The first-order chi connectivity index (χ1) is 7.10. The number of nitrogens with one attached hydrogen (secondary N) is 1. The monoisotopic (exact) mass is 217 g/mol. The predicted molar refractivity (Wildman–Crippen MR) is 50.3 cm³/mol. The van der Waals surface area contributed by atoms with Gasteiger partial charge in [0.25, 0.3) is 0 Å². The smallest absolute Gasteiger partial charge is 0.323 e. The van der Waals surface area contributed by atoms with Crippen molar-refractivity contribution in [1.82, 2.24) is 10.3 Å². The van der Waals surface area contributed by atoms with Crippen molar-refractivity contribution in [2.45, 2.75) is 19.1 Å². The number of aliphatic hydroxyl groups is 1. The lowest BCUT2D eigenvalue weighted by Gasteiger charge is -2.36. The fraction of sp³-hybridized carbons (Fsp3) is 0.750. The number of hydrazine groups is 1. The highest BCUT2D eigenvalue weighted by atomic mass is 16.5. The van der Waals surface area contributed by atoms with Crippen molar-refractivity contribution in [1.29, 1.82) is 0 Å². The molecule has 0 bridgehead atoms. The zero-order valence-corrected chi connectivity index (χ0v) is 8.47. The SMILES string of the molecule is CC1COC(CO)CN1C(=O)C(=O)NN. The maximum atomic E-state index is 11.5. The van der Waals surface area contributed by atoms with Crippen molar-refractivity contribution in [2.24, 2.45) is 5.84 Å². The van der Waals surface area contributed by atoms with Gasteiger partial charge in [0.05, 0.1) is 25.4 Å². The molecular weight excluding hydrogens is 202 g/mol. The highest BCUT2D eigenvalue weighted by Crippen LogP contribution is 2.11. The van der Waals surface area contributed by atoms with E-state index in [1.807, 2.05) is 0 Å². The van der Waals surface area contributed by atoms with Crippen molar-refractivity contribution in [3.63, 3.8) is 0 Å². The number of hydrogen-bond acceptors (Lipinski definition) is 5. The molecule has 1 aliphatic rings. The average Bonchev–Trinajstić information content (AvgIpc) is 2.27. The van der Waals surface area contributed by atoms with Crippen LogP contribution in [0.2, 0.25) is 0 Å². The van der Waals surface area contributed by atoms with Gasteiger partial charge < -0.3 is 14.7 Å². The molecule has 4 N–H and O–H groups in total. The van der Waals surface area contributed by atoms with Crippen LogP contribution in [0.1, 0.15) is 6.92 Å². The molecule has 0 saturated carbocycles. The van der Waals surface area contributed by atoms with E-state index in [1.165, 1.54) is 4.90 Å². The van der Waals surface area contributed by atoms with Crippen LogP contribution >= 0.6 is 0 Å². The summed E-state index contributed by atoms with van der Waals surface area (Å²) in [5.41, 5.74) is 1.78. The molecule has 2 unspecified atom stereocenters. The normalized spacial score (nSPS) is 26.2. The molecule has 0 aromatic carbocycles. The van der Waals surface area contributed by atoms with Gasteiger partial charge in [-0.05, 0) is 6.92 Å². The van der Waals surface area contributed by atoms with Crippen molar-refractivity contribution in [2.75, 3.05) is 19.8 Å². The van der Waals surface area contributed by atoms with Crippen LogP contribution in [-0.2, 0) is 14.3 Å². The molecule has 1 fully saturated rings. The quantitative estimate of drug-likeness (QED) is 0.196. The molecule has 7 heteroatoms. The van der Waals surface area contributed by atoms with Crippen molar-refractivity contribution >= 4 is 11.8 Å². The van der Waals surface area contributed by atoms with Crippen molar-refractivity contribution in [3.05, 3.63) is 0 Å². The van der Waals surface area contributed by atoms with E-state index in [-0.39, 0.29) is 19.2 Å². The van der Waals surface area contributed by atoms with Gasteiger partial charge in [0.15, 0.2) is 0 Å². The molecule has 2 amide bonds. The minimum atomic E-state index is -0.861. The molecule has 1 heterocycles. The second-order valence-electron chi connectivity index (χ2n) is 3.42. The van der Waals surface area contributed by atoms with Crippen molar-refractivity contribution in [3.8, 4) is 0 Å². The van der Waals surface area contributed by atoms with Gasteiger partial charge in [-0.1, -0.05) is 0 Å². The lowest BCUT2D eigenvalue weighted by molar-refractivity contribution is -0.155. The molecule has 1 aliphatic heterocycles. The summed E-state index contributed by atoms with van der Waals surface area (Å²) in [4.78, 5) is 23.9. The first-order valence-corrected chi connectivity index (χ1v) is 4.64. The summed E-state index contributed by atoms with van der Waals surface area (Å²) < 4.78 is 5.23. The van der Waals surface area contributed by atoms with Gasteiger partial charge in [0.2, 0.25) is 0 Å². The average molecular weight is 217 g/mol. The van der Waals surface area contributed by atoms with Gasteiger partial charge in [0.1, 0.15) is 0 Å². The standard InChI is InChI=1S/C8H15N3O4/c1-5-4-15-6(3-12)2-11(5)8(14)7(13)10-9/h5-6,12H,2-4,9H2,1H3,(H,10,13). The minimum absolute atomic E-state index is 0.180. The van der Waals surface area contributed by atoms with Crippen LogP contribution in [0.15, 0.2) is 0 Å². The fourth-order valence-electron chi connectivity index (χ4n) is 1.40. The third-order valence-corrected chi connectivity index (χ3v) is 2.30. The number of nitrogens with zero attached hydrogens (tertiary/aromatic N) is 1. The molecule has 0 radical (unpaired) electrons. The molecule has 86 valence electrons. The van der Waals surface area contributed by atoms with Gasteiger partial charge in [-0.2, -0.15) is 0 Å². The van der Waals surface area contributed by atoms with E-state index in [0.717, 1.165) is 0 Å². The van der Waals surface area contributed by atoms with Gasteiger partial charge in [0, 0.05) is 6.54 Å². The van der Waals surface area contributed by atoms with Gasteiger partial charge in [-0.3, -0.25) is 15.0 Å². The number of carbonyl (C=O) groups excluding carboxylic acids is 2. The second kappa shape index (κ2) is 5.06. The van der Waals surface area contributed by atoms with E-state index >= 15 is 0 Å². The molecule has 1 rings (SSSR count). The molecule has 2 atom stereocenters. The summed E-state index contributed by atoms with van der Waals surface area (Å²) in [5.74, 6) is 3.30. The summed E-state index contributed by atoms with van der Waals surface area (Å²) in [7, 11) is 0. The number of amides is 2. The summed E-state index contributed by atoms with van der Waals surface area (Å²) in [6, 6.07) is -0.197. The third-order valence-electron chi connectivity index (χ3n) is 2.30. The molecular formula is C8H15N3O4. The maximum absolute atomic E-state index is 11.5. The molecule has 0 aromatic rings. The van der Waals surface area contributed by atoms with Gasteiger partial charge in [-0.15, -0.1) is 0 Å². The minimum Gasteiger partial charge on any atom is -0.394 e. The fourth-order valence-corrected chi connectivity index (χ4v) is 1.40. The van der Waals surface area contributed by atoms with E-state index in [4.69, 9.17) is 15.7 Å². The van der Waals surface area contributed by atoms with E-state index in [0.29, 0.717) is 6.61 Å². The first-order valence-electron chi connectivity index (χ1n) is 4.64. The summed E-state index contributed by atoms with van der Waals surface area (Å²) >= 11 is 0. The Labute approximate surface area is 87.1 Å². The predicted octanol–water partition coefficient (Wildman–Crippen LogP) is -2.42. The molecule has 0 spiro atoms. The van der Waals surface area contributed by atoms with Crippen LogP contribution in [0.3, 0.4) is 0 Å². The molecule has 7 nitrogen and oxygen atoms in total. The zero-order valence-electron chi connectivity index (χ0n) is 8.47. The molecule has 0 aromatic heterocycles. The lowest BCUT2D eigenvalue weighted by atomic mass is 10.2. The van der Waals surface area contributed by atoms with Crippen LogP contribution < -0.4 is 11.3 Å². The van der Waals surface area contributed by atoms with E-state index in [2.05, 4.69) is 0 Å². The highest BCUT2D eigenvalue weighted by molar-refractivity contribution is 6.34. The van der Waals surface area contributed by atoms with Crippen LogP contribution in [0, 0.1) is 0 Å². The lowest BCUT2D eigenvalue weighted by Crippen LogP contribution is -2.56. The summed E-state index contributed by atoms with van der Waals surface area (Å²) in [6.45, 7) is 2.08. The van der Waals surface area contributed by atoms with E-state index in [1.54, 1.807) is 12.3 Å². The summed E-state index contributed by atoms with van der Waals surface area (Å²) in [5, 5.41) is 8.88. The first kappa shape index (κ1) is 11.9. The van der Waals surface area contributed by atoms with Crippen molar-refractivity contribution < 1.29 is 19.4 Å². The van der Waals surface area contributed by atoms with E-state index < -0.39 is 17.9 Å². The largest absolute Gasteiger partial charge is 0.394 e. The Kier molecular flexibility index (Phi) is 4.01. The number of rotatable bonds is 1. The van der Waals surface area contributed by atoms with Gasteiger partial charge >= 0.3 is 11.8 Å². The maximum Gasteiger partial charge on any atom is 0.323 e. The van der Waals surface area contributed by atoms with Gasteiger partial charge in [-0.25, -0.2) is 5.84 Å². The Morgan fingerprint density at radius 3 is 2.87 bits per heavy atom. The molecule has 15 heavy (non-hydrogen) atoms. The Hall–Kier alpha value is -1.18. The second-order valence-corrected chi connectivity index (χ2v) is 3.42. The molecule has 1 saturated heterocycles. The molecule has 0 aliphatic carbocycles. The number of ether oxygens (including phenoxy) is 1. The number of hydrogen-bond donors (Lipinski definition) is 3. The Morgan fingerprint density at radius 1 is 1.67 bits per heavy atom. The van der Waals surface area contributed by atoms with E-state index in [9.17, 15) is 9.59 Å². The number of morpholine rings is 1.